The highest BCUT2D eigenvalue weighted by atomic mass is 19.4. The molecule has 10 heteroatoms. The molecule has 0 aliphatic carbocycles. The maximum atomic E-state index is 13.8. The van der Waals surface area contributed by atoms with E-state index in [1.54, 1.807) is 30.5 Å². The fourth-order valence-electron chi connectivity index (χ4n) is 4.19. The Morgan fingerprint density at radius 1 is 1.14 bits per heavy atom. The first-order chi connectivity index (χ1) is 17.1. The van der Waals surface area contributed by atoms with Crippen molar-refractivity contribution in [1.29, 1.82) is 5.26 Å². The van der Waals surface area contributed by atoms with Crippen molar-refractivity contribution in [2.24, 2.45) is 0 Å². The Balaban J connectivity index is 1.92. The molecule has 1 aliphatic rings. The molecule has 1 aliphatic heterocycles. The van der Waals surface area contributed by atoms with Gasteiger partial charge in [-0.15, -0.1) is 0 Å². The standard InChI is InChI=1S/C26H19F3N4O3/c1-16-22(24(34)35)23(19-9-7-17(13-30)8-10-19)32(15-18-4-3-11-31-14-18)25(36)33(16)21-6-2-5-20(12-21)26(27,28)29/h2-12,14,23H,15H2,1H3,(H,34,35). The first-order valence-electron chi connectivity index (χ1n) is 10.7. The Hall–Kier alpha value is -4.65. The minimum Gasteiger partial charge on any atom is -0.478 e. The number of carboxylic acids is 1. The summed E-state index contributed by atoms with van der Waals surface area (Å²) in [5.41, 5.74) is 0.114. The Morgan fingerprint density at radius 3 is 2.44 bits per heavy atom. The second kappa shape index (κ2) is 9.54. The van der Waals surface area contributed by atoms with Crippen molar-refractivity contribution >= 4 is 17.7 Å². The van der Waals surface area contributed by atoms with Crippen LogP contribution in [0.2, 0.25) is 0 Å². The van der Waals surface area contributed by atoms with Gasteiger partial charge in [0.1, 0.15) is 0 Å². The number of aromatic nitrogens is 1. The summed E-state index contributed by atoms with van der Waals surface area (Å²) in [6.45, 7) is 1.33. The maximum absolute atomic E-state index is 13.8. The molecule has 0 spiro atoms. The van der Waals surface area contributed by atoms with Crippen molar-refractivity contribution in [2.75, 3.05) is 4.90 Å². The zero-order valence-electron chi connectivity index (χ0n) is 18.9. The average molecular weight is 492 g/mol. The van der Waals surface area contributed by atoms with Gasteiger partial charge in [-0.1, -0.05) is 24.3 Å². The predicted octanol–water partition coefficient (Wildman–Crippen LogP) is 5.51. The highest BCUT2D eigenvalue weighted by molar-refractivity contribution is 6.02. The summed E-state index contributed by atoms with van der Waals surface area (Å²) in [6, 6.07) is 13.9. The SMILES string of the molecule is CC1=C(C(=O)O)C(c2ccc(C#N)cc2)N(Cc2cccnc2)C(=O)N1c1cccc(C(F)(F)F)c1. The molecule has 1 N–H and O–H groups in total. The van der Waals surface area contributed by atoms with Crippen LogP contribution in [0, 0.1) is 11.3 Å². The van der Waals surface area contributed by atoms with E-state index in [0.29, 0.717) is 16.7 Å². The molecule has 36 heavy (non-hydrogen) atoms. The van der Waals surface area contributed by atoms with Gasteiger partial charge in [-0.2, -0.15) is 18.4 Å². The number of aliphatic carboxylic acids is 1. The third-order valence-electron chi connectivity index (χ3n) is 5.84. The van der Waals surface area contributed by atoms with E-state index in [0.717, 1.165) is 23.1 Å². The molecular formula is C26H19F3N4O3. The topological polar surface area (TPSA) is 97.5 Å². The van der Waals surface area contributed by atoms with Crippen LogP contribution in [0.4, 0.5) is 23.7 Å². The van der Waals surface area contributed by atoms with E-state index in [1.807, 2.05) is 6.07 Å². The van der Waals surface area contributed by atoms with Crippen LogP contribution in [0.15, 0.2) is 84.3 Å². The van der Waals surface area contributed by atoms with Gasteiger partial charge < -0.3 is 10.0 Å². The molecule has 2 heterocycles. The van der Waals surface area contributed by atoms with Crippen LogP contribution in [-0.4, -0.2) is 27.0 Å². The molecule has 0 fully saturated rings. The molecule has 1 unspecified atom stereocenters. The summed E-state index contributed by atoms with van der Waals surface area (Å²) < 4.78 is 40.2. The van der Waals surface area contributed by atoms with E-state index >= 15 is 0 Å². The minimum atomic E-state index is -4.65. The van der Waals surface area contributed by atoms with Crippen molar-refractivity contribution < 1.29 is 27.9 Å². The number of hydrogen-bond donors (Lipinski definition) is 1. The van der Waals surface area contributed by atoms with E-state index in [2.05, 4.69) is 4.98 Å². The lowest BCUT2D eigenvalue weighted by atomic mass is 9.92. The molecule has 0 saturated carbocycles. The molecule has 1 atom stereocenters. The van der Waals surface area contributed by atoms with Gasteiger partial charge in [-0.05, 0) is 54.4 Å². The number of amides is 2. The van der Waals surface area contributed by atoms with Gasteiger partial charge >= 0.3 is 18.2 Å². The highest BCUT2D eigenvalue weighted by Gasteiger charge is 2.43. The number of hydrogen-bond acceptors (Lipinski definition) is 4. The van der Waals surface area contributed by atoms with E-state index in [-0.39, 0.29) is 23.5 Å². The van der Waals surface area contributed by atoms with Crippen molar-refractivity contribution in [1.82, 2.24) is 9.88 Å². The lowest BCUT2D eigenvalue weighted by Crippen LogP contribution is -2.50. The summed E-state index contributed by atoms with van der Waals surface area (Å²) in [4.78, 5) is 32.7. The number of pyridine rings is 1. The van der Waals surface area contributed by atoms with Crippen molar-refractivity contribution in [3.63, 3.8) is 0 Å². The summed E-state index contributed by atoms with van der Waals surface area (Å²) in [5, 5.41) is 19.3. The Kier molecular flexibility index (Phi) is 6.49. The second-order valence-corrected chi connectivity index (χ2v) is 8.10. The van der Waals surface area contributed by atoms with Gasteiger partial charge in [0.25, 0.3) is 0 Å². The maximum Gasteiger partial charge on any atom is 0.416 e. The average Bonchev–Trinajstić information content (AvgIpc) is 2.85. The first-order valence-corrected chi connectivity index (χ1v) is 10.7. The van der Waals surface area contributed by atoms with Gasteiger partial charge in [0.2, 0.25) is 0 Å². The summed E-state index contributed by atoms with van der Waals surface area (Å²) in [7, 11) is 0. The monoisotopic (exact) mass is 492 g/mol. The minimum absolute atomic E-state index is 0.0105. The van der Waals surface area contributed by atoms with Crippen LogP contribution in [-0.2, 0) is 17.5 Å². The third kappa shape index (κ3) is 4.63. The number of rotatable bonds is 5. The molecular weight excluding hydrogens is 473 g/mol. The molecule has 0 bridgehead atoms. The van der Waals surface area contributed by atoms with E-state index < -0.39 is 29.8 Å². The van der Waals surface area contributed by atoms with Crippen LogP contribution in [0.5, 0.6) is 0 Å². The van der Waals surface area contributed by atoms with Gasteiger partial charge in [0, 0.05) is 24.6 Å². The molecule has 182 valence electrons. The van der Waals surface area contributed by atoms with Crippen molar-refractivity contribution in [3.05, 3.63) is 107 Å². The molecule has 1 aromatic heterocycles. The van der Waals surface area contributed by atoms with Crippen LogP contribution in [0.1, 0.15) is 35.2 Å². The number of alkyl halides is 3. The molecule has 2 aromatic carbocycles. The first kappa shape index (κ1) is 24.5. The Bertz CT molecular complexity index is 1380. The quantitative estimate of drug-likeness (QED) is 0.506. The number of carbonyl (C=O) groups excluding carboxylic acids is 1. The number of allylic oxidation sites excluding steroid dienone is 1. The number of urea groups is 1. The van der Waals surface area contributed by atoms with Crippen LogP contribution >= 0.6 is 0 Å². The molecule has 4 rings (SSSR count). The van der Waals surface area contributed by atoms with Crippen LogP contribution in [0.3, 0.4) is 0 Å². The predicted molar refractivity (Wildman–Crippen MR) is 123 cm³/mol. The number of nitrogens with zero attached hydrogens (tertiary/aromatic N) is 4. The van der Waals surface area contributed by atoms with Crippen molar-refractivity contribution in [3.8, 4) is 6.07 Å². The normalized spacial score (nSPS) is 16.2. The lowest BCUT2D eigenvalue weighted by Gasteiger charge is -2.42. The molecule has 2 amide bonds. The van der Waals surface area contributed by atoms with Gasteiger partial charge in [-0.3, -0.25) is 9.88 Å². The Labute approximate surface area is 204 Å². The lowest BCUT2D eigenvalue weighted by molar-refractivity contribution is -0.137. The Morgan fingerprint density at radius 2 is 1.86 bits per heavy atom. The summed E-state index contributed by atoms with van der Waals surface area (Å²) in [5.74, 6) is -1.33. The van der Waals surface area contributed by atoms with E-state index in [4.69, 9.17) is 5.26 Å². The van der Waals surface area contributed by atoms with Crippen LogP contribution < -0.4 is 4.90 Å². The second-order valence-electron chi connectivity index (χ2n) is 8.10. The zero-order chi connectivity index (χ0) is 26.0. The number of nitriles is 1. The van der Waals surface area contributed by atoms with Crippen LogP contribution in [0.25, 0.3) is 0 Å². The van der Waals surface area contributed by atoms with E-state index in [1.165, 1.54) is 36.2 Å². The zero-order valence-corrected chi connectivity index (χ0v) is 18.9. The highest BCUT2D eigenvalue weighted by Crippen LogP contribution is 2.41. The smallest absolute Gasteiger partial charge is 0.416 e. The van der Waals surface area contributed by atoms with Crippen molar-refractivity contribution in [2.45, 2.75) is 25.7 Å². The number of benzene rings is 2. The molecule has 3 aromatic rings. The fourth-order valence-corrected chi connectivity index (χ4v) is 4.19. The summed E-state index contributed by atoms with van der Waals surface area (Å²) >= 11 is 0. The van der Waals surface area contributed by atoms with Gasteiger partial charge in [-0.25, -0.2) is 9.59 Å². The summed E-state index contributed by atoms with van der Waals surface area (Å²) in [6.07, 6.45) is -1.59. The number of carboxylic acid groups (broad SMARTS) is 1. The fraction of sp³-hybridized carbons (Fsp3) is 0.154. The number of halogens is 3. The largest absolute Gasteiger partial charge is 0.478 e. The number of carbonyl (C=O) groups is 2. The molecule has 0 radical (unpaired) electrons. The molecule has 0 saturated heterocycles. The van der Waals surface area contributed by atoms with Gasteiger partial charge in [0.05, 0.1) is 34.5 Å². The number of anilines is 1. The van der Waals surface area contributed by atoms with E-state index in [9.17, 15) is 27.9 Å². The molecule has 7 nitrogen and oxygen atoms in total. The van der Waals surface area contributed by atoms with Gasteiger partial charge in [0.15, 0.2) is 0 Å². The third-order valence-corrected chi connectivity index (χ3v) is 5.84.